The van der Waals surface area contributed by atoms with E-state index in [1.165, 1.54) is 10.6 Å². The number of hydrogen-bond donors (Lipinski definition) is 1. The molecule has 1 fully saturated rings. The van der Waals surface area contributed by atoms with Crippen molar-refractivity contribution in [3.63, 3.8) is 0 Å². The van der Waals surface area contributed by atoms with Crippen LogP contribution in [0.5, 0.6) is 5.88 Å². The molecule has 0 unspecified atom stereocenters. The number of halogens is 2. The second kappa shape index (κ2) is 8.51. The Kier molecular flexibility index (Phi) is 5.51. The first-order valence-electron chi connectivity index (χ1n) is 11.1. The van der Waals surface area contributed by atoms with Gasteiger partial charge in [0, 0.05) is 12.2 Å². The topological polar surface area (TPSA) is 94.8 Å². The highest BCUT2D eigenvalue weighted by Gasteiger charge is 2.26. The number of ether oxygens (including phenoxy) is 1. The number of benzene rings is 1. The van der Waals surface area contributed by atoms with Gasteiger partial charge in [0.05, 0.1) is 18.7 Å². The molecule has 0 saturated heterocycles. The first-order valence-corrected chi connectivity index (χ1v) is 11.1. The minimum atomic E-state index is -0.994. The van der Waals surface area contributed by atoms with E-state index in [1.807, 2.05) is 0 Å². The van der Waals surface area contributed by atoms with Crippen LogP contribution in [0.25, 0.3) is 22.6 Å². The van der Waals surface area contributed by atoms with Gasteiger partial charge in [-0.3, -0.25) is 14.3 Å². The first-order chi connectivity index (χ1) is 16.3. The highest BCUT2D eigenvalue weighted by atomic mass is 19.2. The summed E-state index contributed by atoms with van der Waals surface area (Å²) in [5.41, 5.74) is 0.0911. The van der Waals surface area contributed by atoms with Crippen LogP contribution in [0.1, 0.15) is 38.3 Å². The number of aromatic nitrogens is 5. The van der Waals surface area contributed by atoms with Crippen molar-refractivity contribution in [3.05, 3.63) is 74.6 Å². The molecule has 0 amide bonds. The molecule has 1 saturated carbocycles. The molecule has 3 aromatic heterocycles. The van der Waals surface area contributed by atoms with E-state index in [0.717, 1.165) is 25.0 Å². The van der Waals surface area contributed by atoms with Crippen LogP contribution < -0.4 is 16.0 Å². The van der Waals surface area contributed by atoms with Gasteiger partial charge in [-0.05, 0) is 62.4 Å². The Morgan fingerprint density at radius 2 is 1.97 bits per heavy atom. The molecule has 0 aliphatic heterocycles. The Morgan fingerprint density at radius 3 is 2.68 bits per heavy atom. The normalized spacial score (nSPS) is 13.7. The summed E-state index contributed by atoms with van der Waals surface area (Å²) < 4.78 is 36.4. The summed E-state index contributed by atoms with van der Waals surface area (Å²) >= 11 is 0. The second-order valence-corrected chi connectivity index (χ2v) is 8.78. The summed E-state index contributed by atoms with van der Waals surface area (Å²) in [6.45, 7) is 4.15. The van der Waals surface area contributed by atoms with Crippen LogP contribution in [-0.2, 0) is 6.54 Å². The van der Waals surface area contributed by atoms with Crippen molar-refractivity contribution in [2.75, 3.05) is 6.61 Å². The van der Waals surface area contributed by atoms with Gasteiger partial charge in [0.2, 0.25) is 5.88 Å². The number of hydrogen-bond acceptors (Lipinski definition) is 5. The summed E-state index contributed by atoms with van der Waals surface area (Å²) in [5.74, 6) is -0.777. The van der Waals surface area contributed by atoms with E-state index in [4.69, 9.17) is 4.74 Å². The van der Waals surface area contributed by atoms with Gasteiger partial charge in [-0.2, -0.15) is 0 Å². The third-order valence-electron chi connectivity index (χ3n) is 5.84. The van der Waals surface area contributed by atoms with Crippen molar-refractivity contribution in [3.8, 4) is 17.3 Å². The van der Waals surface area contributed by atoms with Gasteiger partial charge in [0.15, 0.2) is 22.8 Å². The summed E-state index contributed by atoms with van der Waals surface area (Å²) in [7, 11) is 0. The minimum absolute atomic E-state index is 0.0133. The largest absolute Gasteiger partial charge is 0.477 e. The zero-order valence-electron chi connectivity index (χ0n) is 18.7. The van der Waals surface area contributed by atoms with E-state index in [2.05, 4.69) is 15.0 Å². The van der Waals surface area contributed by atoms with Gasteiger partial charge >= 0.3 is 5.69 Å². The van der Waals surface area contributed by atoms with Crippen LogP contribution in [-0.4, -0.2) is 30.7 Å². The molecule has 4 aromatic rings. The second-order valence-electron chi connectivity index (χ2n) is 8.78. The molecule has 34 heavy (non-hydrogen) atoms. The Balaban J connectivity index is 1.75. The molecule has 1 N–H and O–H groups in total. The monoisotopic (exact) mass is 467 g/mol. The van der Waals surface area contributed by atoms with Crippen LogP contribution in [0.4, 0.5) is 8.78 Å². The molecule has 1 aliphatic carbocycles. The van der Waals surface area contributed by atoms with Crippen LogP contribution in [0.2, 0.25) is 0 Å². The number of pyridine rings is 1. The van der Waals surface area contributed by atoms with Gasteiger partial charge in [-0.25, -0.2) is 23.5 Å². The molecule has 0 bridgehead atoms. The predicted molar refractivity (Wildman–Crippen MR) is 122 cm³/mol. The number of imidazole rings is 1. The van der Waals surface area contributed by atoms with E-state index in [0.29, 0.717) is 35.4 Å². The average Bonchev–Trinajstić information content (AvgIpc) is 3.55. The maximum atomic E-state index is 14.0. The quantitative estimate of drug-likeness (QED) is 0.448. The summed E-state index contributed by atoms with van der Waals surface area (Å²) in [6, 6.07) is 6.75. The zero-order chi connectivity index (χ0) is 24.0. The molecule has 1 aromatic carbocycles. The van der Waals surface area contributed by atoms with Gasteiger partial charge in [0.25, 0.3) is 5.56 Å². The Labute approximate surface area is 192 Å². The number of rotatable bonds is 7. The molecule has 1 aliphatic rings. The number of nitrogens with zero attached hydrogens (tertiary/aromatic N) is 4. The highest BCUT2D eigenvalue weighted by molar-refractivity contribution is 5.78. The number of H-pyrrole nitrogens is 1. The third kappa shape index (κ3) is 4.00. The minimum Gasteiger partial charge on any atom is -0.477 e. The zero-order valence-corrected chi connectivity index (χ0v) is 18.7. The average molecular weight is 467 g/mol. The summed E-state index contributed by atoms with van der Waals surface area (Å²) in [5, 5.41) is 0. The third-order valence-corrected chi connectivity index (χ3v) is 5.84. The van der Waals surface area contributed by atoms with Crippen molar-refractivity contribution in [1.82, 2.24) is 24.1 Å². The Morgan fingerprint density at radius 1 is 1.18 bits per heavy atom. The van der Waals surface area contributed by atoms with Crippen molar-refractivity contribution in [2.24, 2.45) is 5.92 Å². The van der Waals surface area contributed by atoms with E-state index in [9.17, 15) is 18.4 Å². The number of nitrogens with one attached hydrogen (secondary N) is 1. The van der Waals surface area contributed by atoms with Gasteiger partial charge in [-0.1, -0.05) is 6.07 Å². The molecular weight excluding hydrogens is 444 g/mol. The van der Waals surface area contributed by atoms with E-state index >= 15 is 0 Å². The van der Waals surface area contributed by atoms with Crippen molar-refractivity contribution < 1.29 is 13.5 Å². The molecule has 0 atom stereocenters. The van der Waals surface area contributed by atoms with Crippen LogP contribution in [0.3, 0.4) is 0 Å². The highest BCUT2D eigenvalue weighted by Crippen LogP contribution is 2.33. The standard InChI is InChI=1S/C24H23F2N5O3/c1-13(2)31-21-19(22(32)29-24(31)33)30(11-15-7-8-17(25)18(26)10-15)20(28-21)16-4-3-9-27-23(16)34-12-14-5-6-14/h3-4,7-10,13-14H,5-6,11-12H2,1-2H3,(H,29,32,33). The van der Waals surface area contributed by atoms with Crippen molar-refractivity contribution in [2.45, 2.75) is 39.3 Å². The van der Waals surface area contributed by atoms with Crippen molar-refractivity contribution in [1.29, 1.82) is 0 Å². The number of fused-ring (bicyclic) bond motifs is 1. The number of aromatic amines is 1. The van der Waals surface area contributed by atoms with Gasteiger partial charge in [-0.15, -0.1) is 0 Å². The molecule has 8 nitrogen and oxygen atoms in total. The first kappa shape index (κ1) is 22.0. The van der Waals surface area contributed by atoms with Gasteiger partial charge < -0.3 is 9.30 Å². The van der Waals surface area contributed by atoms with Crippen LogP contribution >= 0.6 is 0 Å². The lowest BCUT2D eigenvalue weighted by Gasteiger charge is -2.13. The summed E-state index contributed by atoms with van der Waals surface area (Å²) in [6.07, 6.45) is 3.81. The van der Waals surface area contributed by atoms with Crippen molar-refractivity contribution >= 4 is 11.2 Å². The summed E-state index contributed by atoms with van der Waals surface area (Å²) in [4.78, 5) is 36.9. The molecule has 5 rings (SSSR count). The fourth-order valence-electron chi connectivity index (χ4n) is 3.96. The maximum absolute atomic E-state index is 14.0. The lowest BCUT2D eigenvalue weighted by molar-refractivity contribution is 0.289. The van der Waals surface area contributed by atoms with E-state index < -0.39 is 22.9 Å². The van der Waals surface area contributed by atoms with Gasteiger partial charge in [0.1, 0.15) is 5.82 Å². The Hall–Kier alpha value is -3.82. The van der Waals surface area contributed by atoms with Crippen LogP contribution in [0.15, 0.2) is 46.1 Å². The molecule has 0 radical (unpaired) electrons. The molecule has 176 valence electrons. The maximum Gasteiger partial charge on any atom is 0.330 e. The molecule has 10 heteroatoms. The fraction of sp³-hybridized carbons (Fsp3) is 0.333. The predicted octanol–water partition coefficient (Wildman–Crippen LogP) is 3.64. The lowest BCUT2D eigenvalue weighted by atomic mass is 10.2. The van der Waals surface area contributed by atoms with Crippen LogP contribution in [0, 0.1) is 17.6 Å². The SMILES string of the molecule is CC(C)n1c(=O)[nH]c(=O)c2c1nc(-c1cccnc1OCC1CC1)n2Cc1ccc(F)c(F)c1. The molecular formula is C24H23F2N5O3. The molecule has 3 heterocycles. The van der Waals surface area contributed by atoms with E-state index in [1.54, 1.807) is 36.7 Å². The van der Waals surface area contributed by atoms with E-state index in [-0.39, 0.29) is 23.8 Å². The smallest absolute Gasteiger partial charge is 0.330 e. The Bertz CT molecular complexity index is 1500. The fourth-order valence-corrected chi connectivity index (χ4v) is 3.96. The molecule has 0 spiro atoms. The lowest BCUT2D eigenvalue weighted by Crippen LogP contribution is -2.32.